The van der Waals surface area contributed by atoms with E-state index in [-0.39, 0.29) is 17.7 Å². The van der Waals surface area contributed by atoms with Crippen LogP contribution < -0.4 is 0 Å². The Morgan fingerprint density at radius 3 is 2.41 bits per heavy atom. The first-order valence-corrected chi connectivity index (χ1v) is 9.83. The maximum atomic E-state index is 13.0. The monoisotopic (exact) mass is 366 g/mol. The molecule has 6 nitrogen and oxygen atoms in total. The fourth-order valence-corrected chi connectivity index (χ4v) is 3.81. The molecule has 2 amide bonds. The zero-order chi connectivity index (χ0) is 18.8. The molecular formula is C21H26N4O2. The fourth-order valence-electron chi connectivity index (χ4n) is 3.81. The highest BCUT2D eigenvalue weighted by Crippen LogP contribution is 2.28. The number of rotatable bonds is 3. The first kappa shape index (κ1) is 17.8. The summed E-state index contributed by atoms with van der Waals surface area (Å²) < 4.78 is 0. The third-order valence-corrected chi connectivity index (χ3v) is 5.68. The van der Waals surface area contributed by atoms with Gasteiger partial charge in [0, 0.05) is 43.4 Å². The van der Waals surface area contributed by atoms with E-state index < -0.39 is 0 Å². The van der Waals surface area contributed by atoms with E-state index in [9.17, 15) is 9.59 Å². The largest absolute Gasteiger partial charge is 0.341 e. The number of hydrogen-bond acceptors (Lipinski definition) is 3. The number of carbonyl (C=O) groups excluding carboxylic acids is 2. The Bertz CT molecular complexity index is 826. The van der Waals surface area contributed by atoms with Crippen molar-refractivity contribution in [2.45, 2.75) is 32.6 Å². The Labute approximate surface area is 159 Å². The highest BCUT2D eigenvalue weighted by molar-refractivity contribution is 5.94. The molecule has 0 unspecified atom stereocenters. The van der Waals surface area contributed by atoms with Gasteiger partial charge >= 0.3 is 0 Å². The molecule has 1 saturated heterocycles. The summed E-state index contributed by atoms with van der Waals surface area (Å²) >= 11 is 0. The van der Waals surface area contributed by atoms with Crippen molar-refractivity contribution in [3.05, 3.63) is 41.7 Å². The fraction of sp³-hybridized carbons (Fsp3) is 0.476. The summed E-state index contributed by atoms with van der Waals surface area (Å²) in [5, 5.41) is 0. The molecule has 1 aromatic heterocycles. The lowest BCUT2D eigenvalue weighted by Crippen LogP contribution is -2.41. The number of hydrogen-bond donors (Lipinski definition) is 1. The molecule has 0 atom stereocenters. The van der Waals surface area contributed by atoms with Crippen LogP contribution in [0, 0.1) is 12.8 Å². The Kier molecular flexibility index (Phi) is 4.97. The van der Waals surface area contributed by atoms with E-state index in [1.54, 1.807) is 0 Å². The van der Waals surface area contributed by atoms with Gasteiger partial charge in [0.1, 0.15) is 11.5 Å². The van der Waals surface area contributed by atoms with E-state index in [2.05, 4.69) is 9.97 Å². The Morgan fingerprint density at radius 2 is 1.70 bits per heavy atom. The Hall–Kier alpha value is -2.63. The van der Waals surface area contributed by atoms with Gasteiger partial charge in [-0.1, -0.05) is 36.8 Å². The SMILES string of the molecule is Cc1[nH]c(-c2ccccc2)nc1C(=O)N1CCCN(C(=O)C2CCC2)CC1. The predicted octanol–water partition coefficient (Wildman–Crippen LogP) is 2.86. The van der Waals surface area contributed by atoms with Crippen molar-refractivity contribution in [2.75, 3.05) is 26.2 Å². The Morgan fingerprint density at radius 1 is 1.00 bits per heavy atom. The highest BCUT2D eigenvalue weighted by atomic mass is 16.2. The van der Waals surface area contributed by atoms with E-state index in [0.29, 0.717) is 31.2 Å². The number of nitrogens with zero attached hydrogens (tertiary/aromatic N) is 3. The number of H-pyrrole nitrogens is 1. The van der Waals surface area contributed by atoms with Gasteiger partial charge in [0.05, 0.1) is 0 Å². The normalized spacial score (nSPS) is 18.1. The molecular weight excluding hydrogens is 340 g/mol. The average Bonchev–Trinajstić information content (AvgIpc) is 2.87. The van der Waals surface area contributed by atoms with E-state index in [0.717, 1.165) is 43.5 Å². The molecule has 142 valence electrons. The predicted molar refractivity (Wildman–Crippen MR) is 103 cm³/mol. The molecule has 1 saturated carbocycles. The zero-order valence-electron chi connectivity index (χ0n) is 15.8. The van der Waals surface area contributed by atoms with Crippen LogP contribution in [-0.2, 0) is 4.79 Å². The van der Waals surface area contributed by atoms with Crippen LogP contribution >= 0.6 is 0 Å². The van der Waals surface area contributed by atoms with Crippen molar-refractivity contribution >= 4 is 11.8 Å². The first-order chi connectivity index (χ1) is 13.1. The number of carbonyl (C=O) groups is 2. The molecule has 2 aliphatic rings. The summed E-state index contributed by atoms with van der Waals surface area (Å²) in [5.74, 6) is 1.16. The summed E-state index contributed by atoms with van der Waals surface area (Å²) in [6, 6.07) is 9.82. The molecule has 0 bridgehead atoms. The number of amides is 2. The second-order valence-electron chi connectivity index (χ2n) is 7.52. The van der Waals surface area contributed by atoms with Crippen molar-refractivity contribution < 1.29 is 9.59 Å². The van der Waals surface area contributed by atoms with Gasteiger partial charge in [-0.2, -0.15) is 0 Å². The minimum Gasteiger partial charge on any atom is -0.341 e. The van der Waals surface area contributed by atoms with Crippen molar-refractivity contribution in [1.29, 1.82) is 0 Å². The van der Waals surface area contributed by atoms with Gasteiger partial charge in [0.25, 0.3) is 5.91 Å². The summed E-state index contributed by atoms with van der Waals surface area (Å²) in [5.41, 5.74) is 2.23. The maximum Gasteiger partial charge on any atom is 0.274 e. The summed E-state index contributed by atoms with van der Waals surface area (Å²) in [7, 11) is 0. The van der Waals surface area contributed by atoms with Gasteiger partial charge < -0.3 is 14.8 Å². The summed E-state index contributed by atoms with van der Waals surface area (Å²) in [6.07, 6.45) is 4.02. The van der Waals surface area contributed by atoms with Gasteiger partial charge in [-0.05, 0) is 26.2 Å². The van der Waals surface area contributed by atoms with Crippen LogP contribution in [0.5, 0.6) is 0 Å². The molecule has 1 aliphatic carbocycles. The molecule has 2 fully saturated rings. The molecule has 1 aliphatic heterocycles. The third kappa shape index (κ3) is 3.61. The van der Waals surface area contributed by atoms with Crippen LogP contribution in [0.2, 0.25) is 0 Å². The van der Waals surface area contributed by atoms with Gasteiger partial charge in [-0.15, -0.1) is 0 Å². The minimum atomic E-state index is -0.0520. The van der Waals surface area contributed by atoms with Crippen LogP contribution in [-0.4, -0.2) is 57.8 Å². The van der Waals surface area contributed by atoms with Crippen molar-refractivity contribution in [2.24, 2.45) is 5.92 Å². The number of aromatic nitrogens is 2. The molecule has 1 aromatic carbocycles. The van der Waals surface area contributed by atoms with Crippen LogP contribution in [0.4, 0.5) is 0 Å². The van der Waals surface area contributed by atoms with E-state index in [4.69, 9.17) is 0 Å². The molecule has 0 spiro atoms. The second kappa shape index (κ2) is 7.55. The molecule has 1 N–H and O–H groups in total. The van der Waals surface area contributed by atoms with Gasteiger partial charge in [-0.3, -0.25) is 9.59 Å². The minimum absolute atomic E-state index is 0.0520. The van der Waals surface area contributed by atoms with Crippen molar-refractivity contribution in [1.82, 2.24) is 19.8 Å². The van der Waals surface area contributed by atoms with Crippen molar-refractivity contribution in [3.8, 4) is 11.4 Å². The van der Waals surface area contributed by atoms with Crippen molar-refractivity contribution in [3.63, 3.8) is 0 Å². The zero-order valence-corrected chi connectivity index (χ0v) is 15.8. The van der Waals surface area contributed by atoms with Gasteiger partial charge in [-0.25, -0.2) is 4.98 Å². The van der Waals surface area contributed by atoms with Crippen LogP contribution in [0.15, 0.2) is 30.3 Å². The Balaban J connectivity index is 1.45. The number of aryl methyl sites for hydroxylation is 1. The van der Waals surface area contributed by atoms with E-state index in [1.807, 2.05) is 47.1 Å². The molecule has 2 aromatic rings. The standard InChI is InChI=1S/C21H26N4O2/c1-15-18(23-19(22-15)16-7-3-2-4-8-16)21(27)25-12-6-11-24(13-14-25)20(26)17-9-5-10-17/h2-4,7-8,17H,5-6,9-14H2,1H3,(H,22,23). The molecule has 6 heteroatoms. The average molecular weight is 366 g/mol. The third-order valence-electron chi connectivity index (χ3n) is 5.68. The molecule has 27 heavy (non-hydrogen) atoms. The number of imidazole rings is 1. The summed E-state index contributed by atoms with van der Waals surface area (Å²) in [4.78, 5) is 37.1. The van der Waals surface area contributed by atoms with E-state index >= 15 is 0 Å². The van der Waals surface area contributed by atoms with Crippen LogP contribution in [0.1, 0.15) is 41.9 Å². The molecule has 2 heterocycles. The second-order valence-corrected chi connectivity index (χ2v) is 7.52. The summed E-state index contributed by atoms with van der Waals surface area (Å²) in [6.45, 7) is 4.49. The molecule has 0 radical (unpaired) electrons. The number of benzene rings is 1. The quantitative estimate of drug-likeness (QED) is 0.908. The van der Waals surface area contributed by atoms with E-state index in [1.165, 1.54) is 0 Å². The van der Waals surface area contributed by atoms with Gasteiger partial charge in [0.2, 0.25) is 5.91 Å². The lowest BCUT2D eigenvalue weighted by Gasteiger charge is -2.30. The number of aromatic amines is 1. The highest BCUT2D eigenvalue weighted by Gasteiger charge is 2.31. The lowest BCUT2D eigenvalue weighted by molar-refractivity contribution is -0.138. The smallest absolute Gasteiger partial charge is 0.274 e. The first-order valence-electron chi connectivity index (χ1n) is 9.83. The maximum absolute atomic E-state index is 13.0. The molecule has 4 rings (SSSR count). The lowest BCUT2D eigenvalue weighted by atomic mass is 9.84. The van der Waals surface area contributed by atoms with Crippen LogP contribution in [0.3, 0.4) is 0 Å². The number of nitrogens with one attached hydrogen (secondary N) is 1. The van der Waals surface area contributed by atoms with Gasteiger partial charge in [0.15, 0.2) is 0 Å². The topological polar surface area (TPSA) is 69.3 Å². The van der Waals surface area contributed by atoms with Crippen LogP contribution in [0.25, 0.3) is 11.4 Å².